The van der Waals surface area contributed by atoms with Crippen LogP contribution in [0.4, 0.5) is 0 Å². The van der Waals surface area contributed by atoms with E-state index in [1.807, 2.05) is 0 Å². The summed E-state index contributed by atoms with van der Waals surface area (Å²) in [5.74, 6) is 4.56. The van der Waals surface area contributed by atoms with E-state index in [0.29, 0.717) is 0 Å². The van der Waals surface area contributed by atoms with Crippen molar-refractivity contribution in [3.05, 3.63) is 0 Å². The minimum atomic E-state index is -3.58. The van der Waals surface area contributed by atoms with E-state index < -0.39 is 7.82 Å². The molecule has 62 valence electrons. The van der Waals surface area contributed by atoms with Gasteiger partial charge in [0.25, 0.3) is 0 Å². The molecule has 0 amide bonds. The molecule has 0 bridgehead atoms. The Morgan fingerprint density at radius 3 is 2.60 bits per heavy atom. The van der Waals surface area contributed by atoms with Crippen molar-refractivity contribution >= 4 is 7.82 Å². The van der Waals surface area contributed by atoms with E-state index in [0.717, 1.165) is 7.11 Å². The molecule has 0 aromatic rings. The van der Waals surface area contributed by atoms with Gasteiger partial charge in [-0.2, -0.15) is 0 Å². The van der Waals surface area contributed by atoms with E-state index in [-0.39, 0.29) is 13.2 Å². The number of aliphatic hydroxyl groups excluding tert-OH is 1. The number of rotatable bonds is 5. The molecule has 0 fully saturated rings. The molecule has 7 heteroatoms. The number of aliphatic hydroxyl groups is 1. The highest BCUT2D eigenvalue weighted by Gasteiger charge is 2.22. The van der Waals surface area contributed by atoms with Gasteiger partial charge in [0.2, 0.25) is 0 Å². The Balaban J connectivity index is 3.70. The molecule has 0 saturated heterocycles. The zero-order valence-electron chi connectivity index (χ0n) is 5.52. The number of phosphoric acid groups is 1. The average molecular weight is 171 g/mol. The third-order valence-corrected chi connectivity index (χ3v) is 1.90. The Bertz CT molecular complexity index is 120. The SMILES string of the molecule is COP(=O)(ON)OCCO. The maximum absolute atomic E-state index is 10.8. The zero-order chi connectivity index (χ0) is 8.04. The van der Waals surface area contributed by atoms with Crippen molar-refractivity contribution in [3.63, 3.8) is 0 Å². The standard InChI is InChI=1S/C3H10NO5P/c1-7-10(6,9-4)8-3-2-5/h5H,2-4H2,1H3. The van der Waals surface area contributed by atoms with Gasteiger partial charge in [0, 0.05) is 7.11 Å². The molecule has 6 nitrogen and oxygen atoms in total. The third kappa shape index (κ3) is 3.26. The molecule has 0 aliphatic heterocycles. The minimum absolute atomic E-state index is 0.137. The Morgan fingerprint density at radius 2 is 2.30 bits per heavy atom. The van der Waals surface area contributed by atoms with Gasteiger partial charge in [-0.15, -0.1) is 0 Å². The van der Waals surface area contributed by atoms with Crippen molar-refractivity contribution in [3.8, 4) is 0 Å². The molecular weight excluding hydrogens is 161 g/mol. The molecule has 0 spiro atoms. The van der Waals surface area contributed by atoms with Crippen LogP contribution < -0.4 is 5.90 Å². The second-order valence-corrected chi connectivity index (χ2v) is 3.02. The number of hydrogen-bond acceptors (Lipinski definition) is 6. The maximum atomic E-state index is 10.8. The summed E-state index contributed by atoms with van der Waals surface area (Å²) in [6, 6.07) is 0. The fourth-order valence-electron chi connectivity index (χ4n) is 0.279. The number of nitrogens with two attached hydrogens (primary N) is 1. The highest BCUT2D eigenvalue weighted by atomic mass is 31.2. The monoisotopic (exact) mass is 171 g/mol. The highest BCUT2D eigenvalue weighted by Crippen LogP contribution is 2.46. The van der Waals surface area contributed by atoms with Gasteiger partial charge in [-0.25, -0.2) is 15.1 Å². The van der Waals surface area contributed by atoms with Crippen molar-refractivity contribution in [1.29, 1.82) is 0 Å². The Labute approximate surface area is 58.4 Å². The van der Waals surface area contributed by atoms with E-state index in [9.17, 15) is 4.57 Å². The lowest BCUT2D eigenvalue weighted by atomic mass is 10.8. The summed E-state index contributed by atoms with van der Waals surface area (Å²) in [5, 5.41) is 8.22. The summed E-state index contributed by atoms with van der Waals surface area (Å²) in [4.78, 5) is 0. The lowest BCUT2D eigenvalue weighted by Gasteiger charge is -2.10. The van der Waals surface area contributed by atoms with E-state index in [2.05, 4.69) is 19.6 Å². The summed E-state index contributed by atoms with van der Waals surface area (Å²) < 4.78 is 23.4. The second-order valence-electron chi connectivity index (χ2n) is 1.29. The van der Waals surface area contributed by atoms with Crippen molar-refractivity contribution < 1.29 is 23.3 Å². The highest BCUT2D eigenvalue weighted by molar-refractivity contribution is 7.48. The van der Waals surface area contributed by atoms with Crippen LogP contribution in [-0.2, 0) is 18.2 Å². The van der Waals surface area contributed by atoms with Gasteiger partial charge in [0.15, 0.2) is 0 Å². The molecule has 0 aromatic heterocycles. The molecule has 0 saturated carbocycles. The smallest absolute Gasteiger partial charge is 0.394 e. The van der Waals surface area contributed by atoms with E-state index in [1.54, 1.807) is 0 Å². The average Bonchev–Trinajstić information content (AvgIpc) is 2.00. The molecule has 0 aliphatic rings. The molecule has 1 atom stereocenters. The Hall–Kier alpha value is 0.0300. The minimum Gasteiger partial charge on any atom is -0.394 e. The van der Waals surface area contributed by atoms with Crippen LogP contribution in [0.1, 0.15) is 0 Å². The summed E-state index contributed by atoms with van der Waals surface area (Å²) in [5.41, 5.74) is 0. The van der Waals surface area contributed by atoms with Gasteiger partial charge in [-0.05, 0) is 0 Å². The van der Waals surface area contributed by atoms with Crippen LogP contribution in [0, 0.1) is 0 Å². The normalized spacial score (nSPS) is 16.7. The van der Waals surface area contributed by atoms with Crippen LogP contribution in [0.15, 0.2) is 0 Å². The quantitative estimate of drug-likeness (QED) is 0.433. The van der Waals surface area contributed by atoms with Crippen LogP contribution in [0.25, 0.3) is 0 Å². The summed E-state index contributed by atoms with van der Waals surface area (Å²) in [6.45, 7) is -0.404. The van der Waals surface area contributed by atoms with Crippen molar-refractivity contribution in [2.75, 3.05) is 20.3 Å². The van der Waals surface area contributed by atoms with E-state index in [1.165, 1.54) is 0 Å². The molecule has 0 rings (SSSR count). The van der Waals surface area contributed by atoms with Crippen LogP contribution in [0.2, 0.25) is 0 Å². The first-order chi connectivity index (χ1) is 4.68. The first-order valence-corrected chi connectivity index (χ1v) is 3.94. The Kier molecular flexibility index (Phi) is 4.80. The first kappa shape index (κ1) is 10.0. The molecule has 10 heavy (non-hydrogen) atoms. The van der Waals surface area contributed by atoms with Crippen LogP contribution in [0.3, 0.4) is 0 Å². The van der Waals surface area contributed by atoms with E-state index in [4.69, 9.17) is 5.11 Å². The molecule has 0 aliphatic carbocycles. The molecule has 0 radical (unpaired) electrons. The predicted molar refractivity (Wildman–Crippen MR) is 32.9 cm³/mol. The molecule has 3 N–H and O–H groups in total. The topological polar surface area (TPSA) is 91.0 Å². The molecule has 0 heterocycles. The van der Waals surface area contributed by atoms with E-state index >= 15 is 0 Å². The number of hydrogen-bond donors (Lipinski definition) is 2. The van der Waals surface area contributed by atoms with Crippen molar-refractivity contribution in [2.24, 2.45) is 5.90 Å². The first-order valence-electron chi connectivity index (χ1n) is 2.48. The lowest BCUT2D eigenvalue weighted by Crippen LogP contribution is -2.05. The summed E-state index contributed by atoms with van der Waals surface area (Å²) >= 11 is 0. The van der Waals surface area contributed by atoms with Crippen LogP contribution >= 0.6 is 7.82 Å². The fraction of sp³-hybridized carbons (Fsp3) is 1.00. The summed E-state index contributed by atoms with van der Waals surface area (Å²) in [7, 11) is -2.45. The Morgan fingerprint density at radius 1 is 1.70 bits per heavy atom. The lowest BCUT2D eigenvalue weighted by molar-refractivity contribution is 0.110. The maximum Gasteiger partial charge on any atom is 0.490 e. The van der Waals surface area contributed by atoms with Gasteiger partial charge in [-0.1, -0.05) is 0 Å². The third-order valence-electron chi connectivity index (χ3n) is 0.693. The molecule has 1 unspecified atom stereocenters. The van der Waals surface area contributed by atoms with Gasteiger partial charge < -0.3 is 5.11 Å². The van der Waals surface area contributed by atoms with Gasteiger partial charge in [-0.3, -0.25) is 9.05 Å². The van der Waals surface area contributed by atoms with Crippen LogP contribution in [-0.4, -0.2) is 25.4 Å². The van der Waals surface area contributed by atoms with Crippen molar-refractivity contribution in [2.45, 2.75) is 0 Å². The number of phosphoric ester groups is 1. The van der Waals surface area contributed by atoms with Crippen molar-refractivity contribution in [1.82, 2.24) is 0 Å². The van der Waals surface area contributed by atoms with Gasteiger partial charge in [0.05, 0.1) is 13.2 Å². The van der Waals surface area contributed by atoms with Gasteiger partial charge >= 0.3 is 7.82 Å². The molecular formula is C3H10NO5P. The largest absolute Gasteiger partial charge is 0.490 e. The fourth-order valence-corrected chi connectivity index (χ4v) is 0.836. The summed E-state index contributed by atoms with van der Waals surface area (Å²) in [6.07, 6.45) is 0. The second kappa shape index (κ2) is 4.79. The zero-order valence-corrected chi connectivity index (χ0v) is 6.41. The molecule has 0 aromatic carbocycles. The van der Waals surface area contributed by atoms with Crippen LogP contribution in [0.5, 0.6) is 0 Å². The predicted octanol–water partition coefficient (Wildman–Crippen LogP) is -0.360. The van der Waals surface area contributed by atoms with Gasteiger partial charge in [0.1, 0.15) is 0 Å².